The highest BCUT2D eigenvalue weighted by Crippen LogP contribution is 2.29. The zero-order chi connectivity index (χ0) is 18.4. The number of nitro benzene ring substituents is 2. The van der Waals surface area contributed by atoms with Gasteiger partial charge >= 0.3 is 5.69 Å². The smallest absolute Gasteiger partial charge is 0.271 e. The largest absolute Gasteiger partial charge is 0.301 e. The first-order chi connectivity index (χ1) is 11.9. The highest BCUT2D eigenvalue weighted by atomic mass is 16.6. The van der Waals surface area contributed by atoms with Gasteiger partial charge in [-0.25, -0.2) is 0 Å². The van der Waals surface area contributed by atoms with E-state index in [1.165, 1.54) is 12.1 Å². The van der Waals surface area contributed by atoms with E-state index >= 15 is 0 Å². The summed E-state index contributed by atoms with van der Waals surface area (Å²) in [5.41, 5.74) is 4.31. The van der Waals surface area contributed by atoms with Crippen LogP contribution in [-0.4, -0.2) is 15.6 Å². The summed E-state index contributed by atoms with van der Waals surface area (Å²) in [7, 11) is 0. The summed E-state index contributed by atoms with van der Waals surface area (Å²) in [6, 6.07) is 12.7. The molecule has 0 amide bonds. The Labute approximate surface area is 143 Å². The third-order valence-electron chi connectivity index (χ3n) is 3.53. The molecule has 0 aliphatic heterocycles. The van der Waals surface area contributed by atoms with E-state index in [4.69, 9.17) is 0 Å². The minimum absolute atomic E-state index is 0.0768. The Hall–Kier alpha value is -3.55. The Balaban J connectivity index is 2.44. The van der Waals surface area contributed by atoms with Crippen molar-refractivity contribution in [3.05, 3.63) is 86.0 Å². The molecule has 0 aliphatic rings. The number of hydrogen-bond acceptors (Lipinski definition) is 6. The lowest BCUT2D eigenvalue weighted by Gasteiger charge is -2.08. The van der Waals surface area contributed by atoms with Crippen molar-refractivity contribution >= 4 is 22.8 Å². The van der Waals surface area contributed by atoms with Gasteiger partial charge in [0.15, 0.2) is 0 Å². The Kier molecular flexibility index (Phi) is 5.57. The van der Waals surface area contributed by atoms with Gasteiger partial charge in [-0.1, -0.05) is 36.4 Å². The van der Waals surface area contributed by atoms with Crippen molar-refractivity contribution in [1.29, 1.82) is 0 Å². The van der Waals surface area contributed by atoms with Crippen LogP contribution < -0.4 is 5.43 Å². The molecule has 25 heavy (non-hydrogen) atoms. The molecule has 2 aromatic carbocycles. The lowest BCUT2D eigenvalue weighted by atomic mass is 10.0. The number of nitro groups is 2. The molecule has 0 fully saturated rings. The molecule has 128 valence electrons. The molecule has 0 saturated heterocycles. The van der Waals surface area contributed by atoms with E-state index in [0.29, 0.717) is 5.71 Å². The minimum atomic E-state index is -0.685. The van der Waals surface area contributed by atoms with E-state index in [9.17, 15) is 20.2 Å². The van der Waals surface area contributed by atoms with E-state index in [0.717, 1.165) is 17.2 Å². The van der Waals surface area contributed by atoms with Gasteiger partial charge in [-0.3, -0.25) is 25.7 Å². The number of rotatable bonds is 6. The Morgan fingerprint density at radius 1 is 1.08 bits per heavy atom. The minimum Gasteiger partial charge on any atom is -0.271 e. The number of non-ortho nitro benzene ring substituents is 1. The zero-order valence-corrected chi connectivity index (χ0v) is 13.7. The molecule has 0 spiro atoms. The standard InChI is InChI=1S/C17H16N4O4/c1-3-12(2)17(13-7-5-4-6-8-13)19-18-15-10-9-14(20(22)23)11-16(15)21(24)25/h3-11,18H,1-2H3. The van der Waals surface area contributed by atoms with Crippen LogP contribution in [0.2, 0.25) is 0 Å². The number of hydrazone groups is 1. The van der Waals surface area contributed by atoms with Crippen molar-refractivity contribution in [2.45, 2.75) is 13.8 Å². The molecule has 0 unspecified atom stereocenters. The molecule has 0 atom stereocenters. The normalized spacial score (nSPS) is 11.9. The second-order valence-electron chi connectivity index (χ2n) is 5.13. The molecule has 2 rings (SSSR count). The highest BCUT2D eigenvalue weighted by molar-refractivity contribution is 6.12. The average Bonchev–Trinajstić information content (AvgIpc) is 2.62. The molecule has 0 heterocycles. The summed E-state index contributed by atoms with van der Waals surface area (Å²) >= 11 is 0. The molecular formula is C17H16N4O4. The fourth-order valence-corrected chi connectivity index (χ4v) is 2.11. The van der Waals surface area contributed by atoms with Crippen LogP contribution in [0.15, 0.2) is 65.3 Å². The van der Waals surface area contributed by atoms with Gasteiger partial charge in [-0.15, -0.1) is 0 Å². The molecule has 8 heteroatoms. The van der Waals surface area contributed by atoms with E-state index in [1.54, 1.807) is 0 Å². The van der Waals surface area contributed by atoms with Gasteiger partial charge in [0.25, 0.3) is 5.69 Å². The van der Waals surface area contributed by atoms with Crippen molar-refractivity contribution in [2.24, 2.45) is 5.10 Å². The van der Waals surface area contributed by atoms with E-state index in [1.807, 2.05) is 50.3 Å². The van der Waals surface area contributed by atoms with Crippen molar-refractivity contribution in [3.8, 4) is 0 Å². The van der Waals surface area contributed by atoms with Crippen molar-refractivity contribution < 1.29 is 9.85 Å². The van der Waals surface area contributed by atoms with Crippen molar-refractivity contribution in [1.82, 2.24) is 0 Å². The molecule has 0 bridgehead atoms. The monoisotopic (exact) mass is 340 g/mol. The average molecular weight is 340 g/mol. The van der Waals surface area contributed by atoms with E-state index in [2.05, 4.69) is 10.5 Å². The number of hydrogen-bond donors (Lipinski definition) is 1. The van der Waals surface area contributed by atoms with Crippen LogP contribution in [0.5, 0.6) is 0 Å². The van der Waals surface area contributed by atoms with Gasteiger partial charge in [-0.05, 0) is 25.5 Å². The SMILES string of the molecule is CC=C(C)C(=NNc1ccc([N+](=O)[O-])cc1[N+](=O)[O-])c1ccccc1. The number of anilines is 1. The quantitative estimate of drug-likeness (QED) is 0.479. The number of nitrogens with zero attached hydrogens (tertiary/aromatic N) is 3. The maximum atomic E-state index is 11.2. The topological polar surface area (TPSA) is 111 Å². The molecule has 8 nitrogen and oxygen atoms in total. The van der Waals surface area contributed by atoms with Crippen molar-refractivity contribution in [2.75, 3.05) is 5.43 Å². The van der Waals surface area contributed by atoms with Crippen LogP contribution >= 0.6 is 0 Å². The van der Waals surface area contributed by atoms with Gasteiger partial charge in [0.2, 0.25) is 0 Å². The Morgan fingerprint density at radius 2 is 1.76 bits per heavy atom. The summed E-state index contributed by atoms with van der Waals surface area (Å²) in [6.45, 7) is 3.74. The number of nitrogens with one attached hydrogen (secondary N) is 1. The van der Waals surface area contributed by atoms with Crippen LogP contribution in [0, 0.1) is 20.2 Å². The molecule has 1 N–H and O–H groups in total. The highest BCUT2D eigenvalue weighted by Gasteiger charge is 2.19. The molecule has 0 aromatic heterocycles. The first-order valence-electron chi connectivity index (χ1n) is 7.39. The van der Waals surface area contributed by atoms with Crippen molar-refractivity contribution in [3.63, 3.8) is 0 Å². The van der Waals surface area contributed by atoms with Crippen LogP contribution in [0.1, 0.15) is 19.4 Å². The maximum absolute atomic E-state index is 11.2. The molecule has 0 radical (unpaired) electrons. The van der Waals surface area contributed by atoms with Crippen LogP contribution in [0.25, 0.3) is 0 Å². The first kappa shape index (κ1) is 17.8. The van der Waals surface area contributed by atoms with E-state index < -0.39 is 15.5 Å². The summed E-state index contributed by atoms with van der Waals surface area (Å²) in [5.74, 6) is 0. The summed E-state index contributed by atoms with van der Waals surface area (Å²) in [6.07, 6.45) is 1.87. The third-order valence-corrected chi connectivity index (χ3v) is 3.53. The van der Waals surface area contributed by atoms with Gasteiger partial charge in [0, 0.05) is 11.6 Å². The van der Waals surface area contributed by atoms with Crippen LogP contribution in [0.4, 0.5) is 17.1 Å². The van der Waals surface area contributed by atoms with Crippen LogP contribution in [-0.2, 0) is 0 Å². The molecule has 0 aliphatic carbocycles. The Morgan fingerprint density at radius 3 is 2.32 bits per heavy atom. The number of benzene rings is 2. The third kappa shape index (κ3) is 4.25. The van der Waals surface area contributed by atoms with Gasteiger partial charge in [-0.2, -0.15) is 5.10 Å². The summed E-state index contributed by atoms with van der Waals surface area (Å²) in [4.78, 5) is 20.6. The fraction of sp³-hybridized carbons (Fsp3) is 0.118. The lowest BCUT2D eigenvalue weighted by Crippen LogP contribution is -2.07. The second-order valence-corrected chi connectivity index (χ2v) is 5.13. The number of allylic oxidation sites excluding steroid dienone is 2. The van der Waals surface area contributed by atoms with Gasteiger partial charge in [0.05, 0.1) is 21.6 Å². The fourth-order valence-electron chi connectivity index (χ4n) is 2.11. The first-order valence-corrected chi connectivity index (χ1v) is 7.39. The zero-order valence-electron chi connectivity index (χ0n) is 13.7. The summed E-state index contributed by atoms with van der Waals surface area (Å²) in [5, 5.41) is 26.3. The van der Waals surface area contributed by atoms with Gasteiger partial charge < -0.3 is 0 Å². The molecule has 0 saturated carbocycles. The summed E-state index contributed by atoms with van der Waals surface area (Å²) < 4.78 is 0. The van der Waals surface area contributed by atoms with Gasteiger partial charge in [0.1, 0.15) is 5.69 Å². The van der Waals surface area contributed by atoms with Crippen LogP contribution in [0.3, 0.4) is 0 Å². The maximum Gasteiger partial charge on any atom is 0.301 e. The predicted octanol–water partition coefficient (Wildman–Crippen LogP) is 4.29. The Bertz CT molecular complexity index is 860. The van der Waals surface area contributed by atoms with E-state index in [-0.39, 0.29) is 11.4 Å². The second kappa shape index (κ2) is 7.82. The molecule has 2 aromatic rings. The molecular weight excluding hydrogens is 324 g/mol. The lowest BCUT2D eigenvalue weighted by molar-refractivity contribution is -0.393. The predicted molar refractivity (Wildman–Crippen MR) is 95.8 cm³/mol.